The predicted molar refractivity (Wildman–Crippen MR) is 106 cm³/mol. The number of hydrogen-bond donors (Lipinski definition) is 3. The van der Waals surface area contributed by atoms with Gasteiger partial charge < -0.3 is 20.4 Å². The average Bonchev–Trinajstić information content (AvgIpc) is 3.10. The Kier molecular flexibility index (Phi) is 5.60. The number of carbonyl (C=O) groups is 1. The van der Waals surface area contributed by atoms with Crippen molar-refractivity contribution in [2.75, 3.05) is 36.9 Å². The Hall–Kier alpha value is -3.11. The standard InChI is InChI=1S/C20H20F3N5O2/c21-20(22,23)14-1-3-15(4-2-14)26-19(29)27-17-11-25-18-16(17)9-13(10-24-18)12-28-5-7-30-8-6-28/h1-4,9-11H,5-8,12H2,(H,24,25)(H2,26,27,29). The Morgan fingerprint density at radius 2 is 1.90 bits per heavy atom. The monoisotopic (exact) mass is 419 g/mol. The normalized spacial score (nSPS) is 15.3. The fourth-order valence-electron chi connectivity index (χ4n) is 3.28. The van der Waals surface area contributed by atoms with Crippen molar-refractivity contribution >= 4 is 28.4 Å². The number of pyridine rings is 1. The number of nitrogens with one attached hydrogen (secondary N) is 3. The molecule has 30 heavy (non-hydrogen) atoms. The number of halogens is 3. The fourth-order valence-corrected chi connectivity index (χ4v) is 3.28. The van der Waals surface area contributed by atoms with Crippen molar-refractivity contribution in [2.24, 2.45) is 0 Å². The molecule has 1 fully saturated rings. The summed E-state index contributed by atoms with van der Waals surface area (Å²) in [6.45, 7) is 3.85. The van der Waals surface area contributed by atoms with Crippen LogP contribution in [0.15, 0.2) is 42.7 Å². The lowest BCUT2D eigenvalue weighted by molar-refractivity contribution is -0.137. The van der Waals surface area contributed by atoms with Crippen molar-refractivity contribution in [1.82, 2.24) is 14.9 Å². The molecule has 0 bridgehead atoms. The van der Waals surface area contributed by atoms with E-state index in [9.17, 15) is 18.0 Å². The number of hydrogen-bond acceptors (Lipinski definition) is 4. The number of H-pyrrole nitrogens is 1. The van der Waals surface area contributed by atoms with Crippen molar-refractivity contribution in [3.05, 3.63) is 53.9 Å². The minimum atomic E-state index is -4.42. The molecule has 4 rings (SSSR count). The van der Waals surface area contributed by atoms with E-state index in [1.165, 1.54) is 12.1 Å². The summed E-state index contributed by atoms with van der Waals surface area (Å²) in [6.07, 6.45) is -1.00. The molecule has 0 aliphatic carbocycles. The van der Waals surface area contributed by atoms with E-state index in [-0.39, 0.29) is 5.69 Å². The molecule has 3 N–H and O–H groups in total. The molecular weight excluding hydrogens is 399 g/mol. The van der Waals surface area contributed by atoms with Gasteiger partial charge in [-0.1, -0.05) is 0 Å². The van der Waals surface area contributed by atoms with Crippen LogP contribution in [0.2, 0.25) is 0 Å². The Morgan fingerprint density at radius 3 is 2.60 bits per heavy atom. The highest BCUT2D eigenvalue weighted by atomic mass is 19.4. The van der Waals surface area contributed by atoms with Gasteiger partial charge in [0.25, 0.3) is 0 Å². The Labute approximate surface area is 170 Å². The van der Waals surface area contributed by atoms with Crippen LogP contribution >= 0.6 is 0 Å². The summed E-state index contributed by atoms with van der Waals surface area (Å²) in [7, 11) is 0. The average molecular weight is 419 g/mol. The first-order chi connectivity index (χ1) is 14.4. The maximum absolute atomic E-state index is 12.6. The van der Waals surface area contributed by atoms with Gasteiger partial charge in [0.15, 0.2) is 0 Å². The topological polar surface area (TPSA) is 82.3 Å². The van der Waals surface area contributed by atoms with E-state index in [1.54, 1.807) is 12.4 Å². The number of anilines is 2. The minimum Gasteiger partial charge on any atom is -0.379 e. The molecule has 0 saturated carbocycles. The molecule has 1 aromatic carbocycles. The molecule has 2 aromatic heterocycles. The lowest BCUT2D eigenvalue weighted by Crippen LogP contribution is -2.35. The van der Waals surface area contributed by atoms with Crippen LogP contribution in [0.5, 0.6) is 0 Å². The highest BCUT2D eigenvalue weighted by molar-refractivity contribution is 6.05. The third-order valence-electron chi connectivity index (χ3n) is 4.82. The largest absolute Gasteiger partial charge is 0.416 e. The zero-order valence-corrected chi connectivity index (χ0v) is 15.9. The number of alkyl halides is 3. The second kappa shape index (κ2) is 8.33. The number of aromatic nitrogens is 2. The molecule has 2 amide bonds. The van der Waals surface area contributed by atoms with Gasteiger partial charge in [0.05, 0.1) is 24.5 Å². The number of benzene rings is 1. The van der Waals surface area contributed by atoms with Crippen LogP contribution in [-0.4, -0.2) is 47.2 Å². The van der Waals surface area contributed by atoms with E-state index in [0.29, 0.717) is 24.5 Å². The van der Waals surface area contributed by atoms with E-state index >= 15 is 0 Å². The summed E-state index contributed by atoms with van der Waals surface area (Å²) in [5.74, 6) is 0. The van der Waals surface area contributed by atoms with Gasteiger partial charge in [-0.3, -0.25) is 4.90 Å². The quantitative estimate of drug-likeness (QED) is 0.596. The van der Waals surface area contributed by atoms with Crippen LogP contribution in [0.4, 0.5) is 29.3 Å². The zero-order valence-electron chi connectivity index (χ0n) is 15.9. The van der Waals surface area contributed by atoms with E-state index in [4.69, 9.17) is 4.74 Å². The van der Waals surface area contributed by atoms with Crippen LogP contribution in [0.1, 0.15) is 11.1 Å². The fraction of sp³-hybridized carbons (Fsp3) is 0.300. The first-order valence-corrected chi connectivity index (χ1v) is 9.40. The molecule has 158 valence electrons. The third kappa shape index (κ3) is 4.71. The maximum Gasteiger partial charge on any atom is 0.416 e. The highest BCUT2D eigenvalue weighted by Crippen LogP contribution is 2.30. The van der Waals surface area contributed by atoms with E-state index in [1.807, 2.05) is 6.07 Å². The zero-order chi connectivity index (χ0) is 21.1. The lowest BCUT2D eigenvalue weighted by atomic mass is 10.2. The Balaban J connectivity index is 1.43. The van der Waals surface area contributed by atoms with Gasteiger partial charge in [0.1, 0.15) is 5.65 Å². The molecule has 0 radical (unpaired) electrons. The number of nitrogens with zero attached hydrogens (tertiary/aromatic N) is 2. The van der Waals surface area contributed by atoms with Gasteiger partial charge in [-0.2, -0.15) is 13.2 Å². The highest BCUT2D eigenvalue weighted by Gasteiger charge is 2.30. The molecule has 0 spiro atoms. The maximum atomic E-state index is 12.6. The molecule has 1 aliphatic rings. The Morgan fingerprint density at radius 1 is 1.17 bits per heavy atom. The summed E-state index contributed by atoms with van der Waals surface area (Å²) in [5.41, 5.74) is 1.65. The first-order valence-electron chi connectivity index (χ1n) is 9.40. The van der Waals surface area contributed by atoms with Crippen molar-refractivity contribution in [3.8, 4) is 0 Å². The third-order valence-corrected chi connectivity index (χ3v) is 4.82. The molecule has 7 nitrogen and oxygen atoms in total. The van der Waals surface area contributed by atoms with Crippen LogP contribution in [0.3, 0.4) is 0 Å². The second-order valence-electron chi connectivity index (χ2n) is 6.98. The number of ether oxygens (including phenoxy) is 1. The number of carbonyl (C=O) groups excluding carboxylic acids is 1. The molecular formula is C20H20F3N5O2. The number of urea groups is 1. The number of amides is 2. The first kappa shape index (κ1) is 20.2. The van der Waals surface area contributed by atoms with Crippen molar-refractivity contribution in [2.45, 2.75) is 12.7 Å². The summed E-state index contributed by atoms with van der Waals surface area (Å²) in [5, 5.41) is 6.00. The molecule has 0 unspecified atom stereocenters. The second-order valence-corrected chi connectivity index (χ2v) is 6.98. The van der Waals surface area contributed by atoms with Gasteiger partial charge in [-0.05, 0) is 35.9 Å². The summed E-state index contributed by atoms with van der Waals surface area (Å²) in [4.78, 5) is 22.0. The van der Waals surface area contributed by atoms with Gasteiger partial charge in [0.2, 0.25) is 0 Å². The number of morpholine rings is 1. The van der Waals surface area contributed by atoms with Crippen LogP contribution in [0.25, 0.3) is 11.0 Å². The number of aromatic amines is 1. The summed E-state index contributed by atoms with van der Waals surface area (Å²) >= 11 is 0. The smallest absolute Gasteiger partial charge is 0.379 e. The van der Waals surface area contributed by atoms with Gasteiger partial charge in [-0.15, -0.1) is 0 Å². The predicted octanol–water partition coefficient (Wildman–Crippen LogP) is 4.06. The molecule has 0 atom stereocenters. The number of fused-ring (bicyclic) bond motifs is 1. The Bertz CT molecular complexity index is 1030. The van der Waals surface area contributed by atoms with Gasteiger partial charge in [-0.25, -0.2) is 9.78 Å². The molecule has 3 heterocycles. The van der Waals surface area contributed by atoms with E-state index < -0.39 is 17.8 Å². The van der Waals surface area contributed by atoms with Gasteiger partial charge in [0, 0.05) is 43.1 Å². The molecule has 1 saturated heterocycles. The van der Waals surface area contributed by atoms with Crippen molar-refractivity contribution < 1.29 is 22.7 Å². The van der Waals surface area contributed by atoms with Crippen molar-refractivity contribution in [1.29, 1.82) is 0 Å². The van der Waals surface area contributed by atoms with Gasteiger partial charge >= 0.3 is 12.2 Å². The SMILES string of the molecule is O=C(Nc1ccc(C(F)(F)F)cc1)Nc1c[nH]c2ncc(CN3CCOCC3)cc12. The number of rotatable bonds is 4. The summed E-state index contributed by atoms with van der Waals surface area (Å²) in [6, 6.07) is 5.65. The summed E-state index contributed by atoms with van der Waals surface area (Å²) < 4.78 is 43.3. The lowest BCUT2D eigenvalue weighted by Gasteiger charge is -2.26. The molecule has 3 aromatic rings. The van der Waals surface area contributed by atoms with Crippen LogP contribution in [-0.2, 0) is 17.5 Å². The van der Waals surface area contributed by atoms with Crippen LogP contribution < -0.4 is 10.6 Å². The molecule has 1 aliphatic heterocycles. The van der Waals surface area contributed by atoms with E-state index in [0.717, 1.165) is 42.7 Å². The van der Waals surface area contributed by atoms with E-state index in [2.05, 4.69) is 25.5 Å². The molecule has 10 heteroatoms. The van der Waals surface area contributed by atoms with Crippen LogP contribution in [0, 0.1) is 0 Å². The van der Waals surface area contributed by atoms with Crippen molar-refractivity contribution in [3.63, 3.8) is 0 Å². The minimum absolute atomic E-state index is 0.256.